The zero-order chi connectivity index (χ0) is 15.6. The van der Waals surface area contributed by atoms with Crippen molar-refractivity contribution in [3.63, 3.8) is 0 Å². The van der Waals surface area contributed by atoms with E-state index in [1.807, 2.05) is 7.05 Å². The number of likely N-dealkylation sites (tertiary alicyclic amines) is 1. The second-order valence-corrected chi connectivity index (χ2v) is 7.43. The first-order valence-electron chi connectivity index (χ1n) is 6.96. The molecule has 0 amide bonds. The molecule has 0 aromatic heterocycles. The Morgan fingerprint density at radius 2 is 1.95 bits per heavy atom. The first kappa shape index (κ1) is 16.1. The number of hydrogen-bond acceptors (Lipinski definition) is 5. The SMILES string of the molecule is COc1ccc(S(=O)(=O)N(C)C2CCN(C)CC2)c(N)c1. The molecule has 1 fully saturated rings. The maximum absolute atomic E-state index is 12.7. The van der Waals surface area contributed by atoms with Crippen LogP contribution in [-0.4, -0.2) is 58.0 Å². The number of nitrogens with zero attached hydrogens (tertiary/aromatic N) is 2. The molecule has 0 bridgehead atoms. The lowest BCUT2D eigenvalue weighted by Gasteiger charge is -2.34. The highest BCUT2D eigenvalue weighted by molar-refractivity contribution is 7.89. The highest BCUT2D eigenvalue weighted by Gasteiger charge is 2.31. The minimum atomic E-state index is -3.58. The maximum atomic E-state index is 12.7. The van der Waals surface area contributed by atoms with Gasteiger partial charge in [0.1, 0.15) is 10.6 Å². The van der Waals surface area contributed by atoms with Crippen LogP contribution in [0.15, 0.2) is 23.1 Å². The van der Waals surface area contributed by atoms with Gasteiger partial charge >= 0.3 is 0 Å². The van der Waals surface area contributed by atoms with Gasteiger partial charge in [0.2, 0.25) is 10.0 Å². The van der Waals surface area contributed by atoms with Crippen molar-refractivity contribution in [1.29, 1.82) is 0 Å². The number of methoxy groups -OCH3 is 1. The Morgan fingerprint density at radius 3 is 2.48 bits per heavy atom. The smallest absolute Gasteiger partial charge is 0.245 e. The van der Waals surface area contributed by atoms with Gasteiger partial charge in [-0.3, -0.25) is 0 Å². The predicted molar refractivity (Wildman–Crippen MR) is 82.9 cm³/mol. The van der Waals surface area contributed by atoms with Crippen molar-refractivity contribution in [1.82, 2.24) is 9.21 Å². The van der Waals surface area contributed by atoms with Crippen molar-refractivity contribution in [3.8, 4) is 5.75 Å². The molecule has 1 aliphatic heterocycles. The van der Waals surface area contributed by atoms with E-state index in [0.29, 0.717) is 5.75 Å². The number of ether oxygens (including phenoxy) is 1. The van der Waals surface area contributed by atoms with Crippen LogP contribution in [0.3, 0.4) is 0 Å². The number of nitrogen functional groups attached to an aromatic ring is 1. The van der Waals surface area contributed by atoms with Gasteiger partial charge < -0.3 is 15.4 Å². The van der Waals surface area contributed by atoms with E-state index in [-0.39, 0.29) is 16.6 Å². The van der Waals surface area contributed by atoms with Crippen molar-refractivity contribution in [3.05, 3.63) is 18.2 Å². The summed E-state index contributed by atoms with van der Waals surface area (Å²) < 4.78 is 32.0. The molecule has 2 N–H and O–H groups in total. The zero-order valence-electron chi connectivity index (χ0n) is 12.7. The van der Waals surface area contributed by atoms with E-state index < -0.39 is 10.0 Å². The summed E-state index contributed by atoms with van der Waals surface area (Å²) in [6.45, 7) is 1.81. The molecule has 7 heteroatoms. The van der Waals surface area contributed by atoms with Crippen LogP contribution in [0.1, 0.15) is 12.8 Å². The molecular weight excluding hydrogens is 290 g/mol. The maximum Gasteiger partial charge on any atom is 0.245 e. The summed E-state index contributed by atoms with van der Waals surface area (Å²) in [6.07, 6.45) is 1.67. The lowest BCUT2D eigenvalue weighted by atomic mass is 10.1. The van der Waals surface area contributed by atoms with E-state index in [0.717, 1.165) is 25.9 Å². The number of anilines is 1. The molecule has 2 rings (SSSR count). The van der Waals surface area contributed by atoms with Gasteiger partial charge in [0.25, 0.3) is 0 Å². The number of benzene rings is 1. The highest BCUT2D eigenvalue weighted by Crippen LogP contribution is 2.28. The Hall–Kier alpha value is -1.31. The Kier molecular flexibility index (Phi) is 4.75. The number of piperidine rings is 1. The van der Waals surface area contributed by atoms with Gasteiger partial charge in [-0.25, -0.2) is 8.42 Å². The second-order valence-electron chi connectivity index (χ2n) is 5.46. The largest absolute Gasteiger partial charge is 0.497 e. The van der Waals surface area contributed by atoms with Crippen LogP contribution in [0, 0.1) is 0 Å². The fourth-order valence-electron chi connectivity index (χ4n) is 2.60. The van der Waals surface area contributed by atoms with E-state index in [4.69, 9.17) is 10.5 Å². The van der Waals surface area contributed by atoms with Gasteiger partial charge in [-0.2, -0.15) is 4.31 Å². The third-order valence-corrected chi connectivity index (χ3v) is 6.06. The third kappa shape index (κ3) is 3.30. The summed E-state index contributed by atoms with van der Waals surface area (Å²) in [7, 11) is 1.63. The van der Waals surface area contributed by atoms with Crippen molar-refractivity contribution >= 4 is 15.7 Å². The molecule has 1 saturated heterocycles. The first-order valence-corrected chi connectivity index (χ1v) is 8.40. The van der Waals surface area contributed by atoms with Gasteiger partial charge in [0.15, 0.2) is 0 Å². The zero-order valence-corrected chi connectivity index (χ0v) is 13.6. The molecule has 1 heterocycles. The number of sulfonamides is 1. The van der Waals surface area contributed by atoms with Gasteiger partial charge in [-0.1, -0.05) is 0 Å². The molecule has 0 saturated carbocycles. The van der Waals surface area contributed by atoms with Crippen molar-refractivity contribution in [2.75, 3.05) is 40.0 Å². The molecule has 118 valence electrons. The van der Waals surface area contributed by atoms with E-state index >= 15 is 0 Å². The minimum Gasteiger partial charge on any atom is -0.497 e. The van der Waals surface area contributed by atoms with Crippen LogP contribution >= 0.6 is 0 Å². The summed E-state index contributed by atoms with van der Waals surface area (Å²) in [5.74, 6) is 0.549. The Morgan fingerprint density at radius 1 is 1.33 bits per heavy atom. The topological polar surface area (TPSA) is 75.9 Å². The van der Waals surface area contributed by atoms with Crippen LogP contribution < -0.4 is 10.5 Å². The van der Waals surface area contributed by atoms with E-state index in [1.54, 1.807) is 13.1 Å². The minimum absolute atomic E-state index is 0.0210. The van der Waals surface area contributed by atoms with Gasteiger partial charge in [-0.05, 0) is 45.1 Å². The van der Waals surface area contributed by atoms with Crippen LogP contribution in [0.25, 0.3) is 0 Å². The molecule has 1 aromatic rings. The van der Waals surface area contributed by atoms with Gasteiger partial charge in [-0.15, -0.1) is 0 Å². The van der Waals surface area contributed by atoms with Crippen molar-refractivity contribution < 1.29 is 13.2 Å². The molecule has 21 heavy (non-hydrogen) atoms. The van der Waals surface area contributed by atoms with E-state index in [1.165, 1.54) is 23.5 Å². The lowest BCUT2D eigenvalue weighted by molar-refractivity contribution is 0.197. The average molecular weight is 313 g/mol. The molecule has 0 atom stereocenters. The Balaban J connectivity index is 2.25. The monoisotopic (exact) mass is 313 g/mol. The molecular formula is C14H23N3O3S. The van der Waals surface area contributed by atoms with Crippen molar-refractivity contribution in [2.24, 2.45) is 0 Å². The third-order valence-electron chi connectivity index (χ3n) is 4.08. The molecule has 0 spiro atoms. The number of hydrogen-bond donors (Lipinski definition) is 1. The number of nitrogens with two attached hydrogens (primary N) is 1. The van der Waals surface area contributed by atoms with Crippen LogP contribution in [0.4, 0.5) is 5.69 Å². The van der Waals surface area contributed by atoms with Crippen LogP contribution in [-0.2, 0) is 10.0 Å². The summed E-state index contributed by atoms with van der Waals surface area (Å²) in [4.78, 5) is 2.35. The fraction of sp³-hybridized carbons (Fsp3) is 0.571. The fourth-order valence-corrected chi connectivity index (χ4v) is 4.11. The van der Waals surface area contributed by atoms with E-state index in [2.05, 4.69) is 4.90 Å². The van der Waals surface area contributed by atoms with Crippen LogP contribution in [0.2, 0.25) is 0 Å². The number of rotatable bonds is 4. The van der Waals surface area contributed by atoms with E-state index in [9.17, 15) is 8.42 Å². The highest BCUT2D eigenvalue weighted by atomic mass is 32.2. The first-order chi connectivity index (χ1) is 9.86. The summed E-state index contributed by atoms with van der Waals surface area (Å²) in [5, 5.41) is 0. The summed E-state index contributed by atoms with van der Waals surface area (Å²) in [5.41, 5.74) is 6.10. The summed E-state index contributed by atoms with van der Waals surface area (Å²) in [6, 6.07) is 4.68. The predicted octanol–water partition coefficient (Wildman–Crippen LogP) is 0.992. The molecule has 0 unspecified atom stereocenters. The van der Waals surface area contributed by atoms with Gasteiger partial charge in [0, 0.05) is 19.2 Å². The second kappa shape index (κ2) is 6.21. The average Bonchev–Trinajstić information content (AvgIpc) is 2.46. The van der Waals surface area contributed by atoms with Crippen LogP contribution in [0.5, 0.6) is 5.75 Å². The molecule has 1 aromatic carbocycles. The normalized spacial score (nSPS) is 18.1. The quantitative estimate of drug-likeness (QED) is 0.839. The molecule has 0 radical (unpaired) electrons. The molecule has 1 aliphatic rings. The molecule has 6 nitrogen and oxygen atoms in total. The Bertz CT molecular complexity index is 595. The van der Waals surface area contributed by atoms with Gasteiger partial charge in [0.05, 0.1) is 12.8 Å². The summed E-state index contributed by atoms with van der Waals surface area (Å²) >= 11 is 0. The standard InChI is InChI=1S/C14H23N3O3S/c1-16-8-6-11(7-9-16)17(2)21(18,19)14-5-4-12(20-3)10-13(14)15/h4-5,10-11H,6-9,15H2,1-3H3. The molecule has 0 aliphatic carbocycles. The lowest BCUT2D eigenvalue weighted by Crippen LogP contribution is -2.44. The Labute approximate surface area is 126 Å². The van der Waals surface area contributed by atoms with Crippen molar-refractivity contribution in [2.45, 2.75) is 23.8 Å².